The molecule has 1 saturated heterocycles. The number of nitrogens with one attached hydrogen (secondary N) is 1. The molecule has 3 rings (SSSR count). The molecule has 100 valence electrons. The van der Waals surface area contributed by atoms with Gasteiger partial charge in [0.05, 0.1) is 37.5 Å². The van der Waals surface area contributed by atoms with Gasteiger partial charge in [-0.3, -0.25) is 0 Å². The first-order valence-corrected chi connectivity index (χ1v) is 6.41. The molecule has 5 heteroatoms. The van der Waals surface area contributed by atoms with E-state index in [2.05, 4.69) is 10.3 Å². The average molecular weight is 261 g/mol. The molecule has 0 bridgehead atoms. The highest BCUT2D eigenvalue weighted by Crippen LogP contribution is 2.20. The maximum absolute atomic E-state index is 13.0. The minimum absolute atomic E-state index is 0.155. The van der Waals surface area contributed by atoms with Gasteiger partial charge in [-0.15, -0.1) is 0 Å². The van der Waals surface area contributed by atoms with Crippen molar-refractivity contribution in [3.63, 3.8) is 0 Å². The van der Waals surface area contributed by atoms with Crippen LogP contribution in [-0.2, 0) is 11.3 Å². The van der Waals surface area contributed by atoms with Crippen LogP contribution in [-0.4, -0.2) is 35.4 Å². The molecular formula is C14H16FN3O. The number of imidazole rings is 1. The fourth-order valence-electron chi connectivity index (χ4n) is 2.28. The summed E-state index contributed by atoms with van der Waals surface area (Å²) in [4.78, 5) is 4.18. The number of benzene rings is 1. The number of morpholine rings is 1. The summed E-state index contributed by atoms with van der Waals surface area (Å²) in [7, 11) is 0. The lowest BCUT2D eigenvalue weighted by molar-refractivity contribution is 0.0184. The Morgan fingerprint density at radius 1 is 1.37 bits per heavy atom. The number of aromatic nitrogens is 2. The van der Waals surface area contributed by atoms with Crippen LogP contribution in [0, 0.1) is 5.82 Å². The first-order valence-electron chi connectivity index (χ1n) is 6.41. The van der Waals surface area contributed by atoms with E-state index < -0.39 is 0 Å². The van der Waals surface area contributed by atoms with Crippen LogP contribution in [0.4, 0.5) is 4.39 Å². The van der Waals surface area contributed by atoms with Gasteiger partial charge in [-0.1, -0.05) is 0 Å². The lowest BCUT2D eigenvalue weighted by atomic mass is 10.1. The lowest BCUT2D eigenvalue weighted by Crippen LogP contribution is -2.40. The van der Waals surface area contributed by atoms with Gasteiger partial charge in [0.2, 0.25) is 0 Å². The van der Waals surface area contributed by atoms with Crippen LogP contribution in [0.15, 0.2) is 36.8 Å². The molecule has 1 aliphatic heterocycles. The Bertz CT molecular complexity index is 532. The molecule has 1 atom stereocenters. The zero-order valence-electron chi connectivity index (χ0n) is 10.6. The summed E-state index contributed by atoms with van der Waals surface area (Å²) in [5, 5.41) is 3.31. The molecule has 1 N–H and O–H groups in total. The number of halogens is 1. The highest BCUT2D eigenvalue weighted by Gasteiger charge is 2.15. The smallest absolute Gasteiger partial charge is 0.123 e. The maximum Gasteiger partial charge on any atom is 0.123 e. The second kappa shape index (κ2) is 5.50. The molecule has 2 aromatic rings. The molecule has 1 aliphatic rings. The van der Waals surface area contributed by atoms with E-state index in [0.29, 0.717) is 0 Å². The van der Waals surface area contributed by atoms with Crippen LogP contribution in [0.2, 0.25) is 0 Å². The maximum atomic E-state index is 13.0. The van der Waals surface area contributed by atoms with E-state index in [9.17, 15) is 4.39 Å². The van der Waals surface area contributed by atoms with Crippen LogP contribution < -0.4 is 5.32 Å². The van der Waals surface area contributed by atoms with Crippen molar-refractivity contribution in [2.75, 3.05) is 19.7 Å². The first kappa shape index (κ1) is 12.3. The molecule has 4 nitrogen and oxygen atoms in total. The van der Waals surface area contributed by atoms with Gasteiger partial charge in [-0.25, -0.2) is 9.37 Å². The Balaban J connectivity index is 1.79. The standard InChI is InChI=1S/C14H16FN3O/c15-12-3-1-11(2-4-12)14-8-17-10-18(14)9-13-7-16-5-6-19-13/h1-4,8,10,13,16H,5-7,9H2. The second-order valence-corrected chi connectivity index (χ2v) is 4.64. The van der Waals surface area contributed by atoms with Crippen molar-refractivity contribution in [3.05, 3.63) is 42.6 Å². The van der Waals surface area contributed by atoms with E-state index >= 15 is 0 Å². The number of hydrogen-bond donors (Lipinski definition) is 1. The molecule has 1 aromatic heterocycles. The number of rotatable bonds is 3. The fourth-order valence-corrected chi connectivity index (χ4v) is 2.28. The monoisotopic (exact) mass is 261 g/mol. The van der Waals surface area contributed by atoms with Gasteiger partial charge >= 0.3 is 0 Å². The van der Waals surface area contributed by atoms with Crippen molar-refractivity contribution < 1.29 is 9.13 Å². The van der Waals surface area contributed by atoms with Crippen molar-refractivity contribution >= 4 is 0 Å². The average Bonchev–Trinajstić information content (AvgIpc) is 2.89. The predicted molar refractivity (Wildman–Crippen MR) is 70.2 cm³/mol. The second-order valence-electron chi connectivity index (χ2n) is 4.64. The molecule has 0 radical (unpaired) electrons. The van der Waals surface area contributed by atoms with Gasteiger partial charge in [0, 0.05) is 13.1 Å². The Morgan fingerprint density at radius 3 is 2.95 bits per heavy atom. The highest BCUT2D eigenvalue weighted by atomic mass is 19.1. The number of ether oxygens (including phenoxy) is 1. The summed E-state index contributed by atoms with van der Waals surface area (Å²) in [5.74, 6) is -0.227. The van der Waals surface area contributed by atoms with E-state index in [1.54, 1.807) is 24.7 Å². The van der Waals surface area contributed by atoms with Crippen molar-refractivity contribution in [3.8, 4) is 11.3 Å². The normalized spacial score (nSPS) is 19.5. The van der Waals surface area contributed by atoms with E-state index in [1.165, 1.54) is 12.1 Å². The molecule has 19 heavy (non-hydrogen) atoms. The van der Waals surface area contributed by atoms with Gasteiger partial charge in [0.1, 0.15) is 5.82 Å². The summed E-state index contributed by atoms with van der Waals surface area (Å²) < 4.78 is 20.7. The first-order chi connectivity index (χ1) is 9.33. The summed E-state index contributed by atoms with van der Waals surface area (Å²) in [6.07, 6.45) is 3.74. The Hall–Kier alpha value is -1.72. The molecule has 1 aromatic carbocycles. The zero-order chi connectivity index (χ0) is 13.1. The van der Waals surface area contributed by atoms with E-state index in [1.807, 2.05) is 4.57 Å². The van der Waals surface area contributed by atoms with Crippen molar-refractivity contribution in [1.29, 1.82) is 0 Å². The minimum atomic E-state index is -0.227. The van der Waals surface area contributed by atoms with Crippen LogP contribution in [0.1, 0.15) is 0 Å². The Morgan fingerprint density at radius 2 is 2.21 bits per heavy atom. The van der Waals surface area contributed by atoms with Crippen LogP contribution >= 0.6 is 0 Å². The third-order valence-corrected chi connectivity index (χ3v) is 3.26. The number of hydrogen-bond acceptors (Lipinski definition) is 3. The van der Waals surface area contributed by atoms with Gasteiger partial charge in [0.15, 0.2) is 0 Å². The van der Waals surface area contributed by atoms with E-state index in [4.69, 9.17) is 4.74 Å². The van der Waals surface area contributed by atoms with Crippen LogP contribution in [0.5, 0.6) is 0 Å². The predicted octanol–water partition coefficient (Wildman–Crippen LogP) is 1.68. The van der Waals surface area contributed by atoms with E-state index in [-0.39, 0.29) is 11.9 Å². The highest BCUT2D eigenvalue weighted by molar-refractivity contribution is 5.58. The minimum Gasteiger partial charge on any atom is -0.374 e. The van der Waals surface area contributed by atoms with Crippen molar-refractivity contribution in [2.24, 2.45) is 0 Å². The molecule has 0 aliphatic carbocycles. The number of nitrogens with zero attached hydrogens (tertiary/aromatic N) is 2. The molecule has 1 unspecified atom stereocenters. The molecule has 0 amide bonds. The third-order valence-electron chi connectivity index (χ3n) is 3.26. The molecule has 1 fully saturated rings. The summed E-state index contributed by atoms with van der Waals surface area (Å²) >= 11 is 0. The van der Waals surface area contributed by atoms with Gasteiger partial charge in [-0.05, 0) is 29.8 Å². The molecule has 2 heterocycles. The Kier molecular flexibility index (Phi) is 3.57. The van der Waals surface area contributed by atoms with Crippen LogP contribution in [0.25, 0.3) is 11.3 Å². The molecule has 0 saturated carbocycles. The largest absolute Gasteiger partial charge is 0.374 e. The fraction of sp³-hybridized carbons (Fsp3) is 0.357. The van der Waals surface area contributed by atoms with Crippen molar-refractivity contribution in [1.82, 2.24) is 14.9 Å². The summed E-state index contributed by atoms with van der Waals surface area (Å²) in [5.41, 5.74) is 1.94. The zero-order valence-corrected chi connectivity index (χ0v) is 10.6. The van der Waals surface area contributed by atoms with Gasteiger partial charge in [0.25, 0.3) is 0 Å². The third kappa shape index (κ3) is 2.83. The van der Waals surface area contributed by atoms with Crippen molar-refractivity contribution in [2.45, 2.75) is 12.6 Å². The van der Waals surface area contributed by atoms with Gasteiger partial charge < -0.3 is 14.6 Å². The molecule has 0 spiro atoms. The lowest BCUT2D eigenvalue weighted by Gasteiger charge is -2.24. The summed E-state index contributed by atoms with van der Waals surface area (Å²) in [6, 6.07) is 6.46. The van der Waals surface area contributed by atoms with Gasteiger partial charge in [-0.2, -0.15) is 0 Å². The summed E-state index contributed by atoms with van der Waals surface area (Å²) in [6.45, 7) is 3.25. The van der Waals surface area contributed by atoms with E-state index in [0.717, 1.165) is 37.5 Å². The topological polar surface area (TPSA) is 39.1 Å². The quantitative estimate of drug-likeness (QED) is 0.913. The molecular weight excluding hydrogens is 245 g/mol. The Labute approximate surface area is 111 Å². The van der Waals surface area contributed by atoms with Crippen LogP contribution in [0.3, 0.4) is 0 Å². The SMILES string of the molecule is Fc1ccc(-c2cncn2CC2CNCCO2)cc1.